The van der Waals surface area contributed by atoms with E-state index < -0.39 is 0 Å². The van der Waals surface area contributed by atoms with Crippen LogP contribution in [0.1, 0.15) is 42.3 Å². The summed E-state index contributed by atoms with van der Waals surface area (Å²) in [5, 5.41) is 7.31. The van der Waals surface area contributed by atoms with Crippen LogP contribution >= 0.6 is 0 Å². The third-order valence-corrected chi connectivity index (χ3v) is 4.43. The Bertz CT molecular complexity index is 769. The zero-order valence-electron chi connectivity index (χ0n) is 17.0. The van der Waals surface area contributed by atoms with E-state index in [1.165, 1.54) is 13.2 Å². The van der Waals surface area contributed by atoms with E-state index in [0.29, 0.717) is 13.1 Å². The van der Waals surface area contributed by atoms with Gasteiger partial charge in [-0.25, -0.2) is 4.39 Å². The minimum atomic E-state index is -0.364. The van der Waals surface area contributed by atoms with Gasteiger partial charge in [0, 0.05) is 38.2 Å². The first kappa shape index (κ1) is 20.7. The van der Waals surface area contributed by atoms with Crippen molar-refractivity contribution in [3.8, 4) is 5.75 Å². The summed E-state index contributed by atoms with van der Waals surface area (Å²) in [4.78, 5) is 6.72. The third kappa shape index (κ3) is 5.21. The van der Waals surface area contributed by atoms with E-state index in [4.69, 9.17) is 14.3 Å². The molecular weight excluding hydrogens is 347 g/mol. The maximum absolute atomic E-state index is 13.9. The molecule has 1 aromatic heterocycles. The standard InChI is InChI=1S/C20H29FN4O2/c1-7-22-20(23-11-13(2)19-14(3)24-27-15(19)4)25(5)12-16-8-9-18(26-6)17(21)10-16/h8-10,13H,7,11-12H2,1-6H3,(H,22,23). The van der Waals surface area contributed by atoms with Crippen molar-refractivity contribution < 1.29 is 13.7 Å². The van der Waals surface area contributed by atoms with Gasteiger partial charge >= 0.3 is 0 Å². The molecule has 6 nitrogen and oxygen atoms in total. The van der Waals surface area contributed by atoms with Crippen molar-refractivity contribution in [3.63, 3.8) is 0 Å². The molecule has 1 heterocycles. The molecule has 0 amide bonds. The molecule has 1 unspecified atom stereocenters. The second-order valence-corrected chi connectivity index (χ2v) is 6.66. The van der Waals surface area contributed by atoms with Gasteiger partial charge in [-0.05, 0) is 38.5 Å². The number of aliphatic imine (C=N–C) groups is 1. The largest absolute Gasteiger partial charge is 0.494 e. The zero-order valence-corrected chi connectivity index (χ0v) is 17.0. The molecular formula is C20H29FN4O2. The van der Waals surface area contributed by atoms with E-state index in [9.17, 15) is 4.39 Å². The van der Waals surface area contributed by atoms with E-state index in [0.717, 1.165) is 35.1 Å². The first-order valence-corrected chi connectivity index (χ1v) is 9.12. The number of methoxy groups -OCH3 is 1. The number of rotatable bonds is 7. The normalized spacial score (nSPS) is 12.8. The summed E-state index contributed by atoms with van der Waals surface area (Å²) in [7, 11) is 3.39. The predicted molar refractivity (Wildman–Crippen MR) is 105 cm³/mol. The Morgan fingerprint density at radius 1 is 1.41 bits per heavy atom. The van der Waals surface area contributed by atoms with Crippen LogP contribution in [-0.2, 0) is 6.54 Å². The topological polar surface area (TPSA) is 62.9 Å². The summed E-state index contributed by atoms with van der Waals surface area (Å²) >= 11 is 0. The molecule has 148 valence electrons. The molecule has 0 aliphatic carbocycles. The van der Waals surface area contributed by atoms with E-state index >= 15 is 0 Å². The van der Waals surface area contributed by atoms with Crippen LogP contribution in [0.25, 0.3) is 0 Å². The maximum atomic E-state index is 13.9. The van der Waals surface area contributed by atoms with E-state index in [1.807, 2.05) is 38.8 Å². The monoisotopic (exact) mass is 376 g/mol. The molecule has 2 rings (SSSR count). The minimum Gasteiger partial charge on any atom is -0.494 e. The highest BCUT2D eigenvalue weighted by molar-refractivity contribution is 5.79. The van der Waals surface area contributed by atoms with Crippen molar-refractivity contribution in [1.82, 2.24) is 15.4 Å². The van der Waals surface area contributed by atoms with Gasteiger partial charge in [0.2, 0.25) is 0 Å². The lowest BCUT2D eigenvalue weighted by atomic mass is 10.00. The highest BCUT2D eigenvalue weighted by Gasteiger charge is 2.17. The number of guanidine groups is 1. The number of hydrogen-bond acceptors (Lipinski definition) is 4. The van der Waals surface area contributed by atoms with Crippen molar-refractivity contribution in [2.24, 2.45) is 4.99 Å². The van der Waals surface area contributed by atoms with Crippen LogP contribution in [0.2, 0.25) is 0 Å². The molecule has 7 heteroatoms. The molecule has 1 aromatic carbocycles. The third-order valence-electron chi connectivity index (χ3n) is 4.43. The van der Waals surface area contributed by atoms with Crippen molar-refractivity contribution in [1.29, 1.82) is 0 Å². The fourth-order valence-corrected chi connectivity index (χ4v) is 3.13. The fraction of sp³-hybridized carbons (Fsp3) is 0.500. The number of halogens is 1. The number of hydrogen-bond donors (Lipinski definition) is 1. The fourth-order valence-electron chi connectivity index (χ4n) is 3.13. The molecule has 0 aliphatic rings. The Hall–Kier alpha value is -2.57. The molecule has 0 spiro atoms. The van der Waals surface area contributed by atoms with Crippen molar-refractivity contribution in [2.45, 2.75) is 40.2 Å². The SMILES string of the molecule is CCNC(=NCC(C)c1c(C)noc1C)N(C)Cc1ccc(OC)c(F)c1. The Kier molecular flexibility index (Phi) is 7.21. The second-order valence-electron chi connectivity index (χ2n) is 6.66. The van der Waals surface area contributed by atoms with Gasteiger partial charge in [-0.3, -0.25) is 4.99 Å². The molecule has 0 fully saturated rings. The molecule has 0 saturated heterocycles. The van der Waals surface area contributed by atoms with Gasteiger partial charge in [0.25, 0.3) is 0 Å². The second kappa shape index (κ2) is 9.39. The van der Waals surface area contributed by atoms with Crippen LogP contribution in [0.4, 0.5) is 4.39 Å². The van der Waals surface area contributed by atoms with Crippen molar-refractivity contribution >= 4 is 5.96 Å². The van der Waals surface area contributed by atoms with Gasteiger partial charge in [0.1, 0.15) is 5.76 Å². The molecule has 0 saturated carbocycles. The number of benzene rings is 1. The van der Waals surface area contributed by atoms with Crippen LogP contribution in [0.5, 0.6) is 5.75 Å². The summed E-state index contributed by atoms with van der Waals surface area (Å²) in [5.41, 5.74) is 2.86. The van der Waals surface area contributed by atoms with Gasteiger partial charge in [0.15, 0.2) is 17.5 Å². The van der Waals surface area contributed by atoms with E-state index in [-0.39, 0.29) is 17.5 Å². The lowest BCUT2D eigenvalue weighted by molar-refractivity contribution is 0.385. The van der Waals surface area contributed by atoms with Crippen LogP contribution in [0, 0.1) is 19.7 Å². The van der Waals surface area contributed by atoms with Crippen LogP contribution in [0.3, 0.4) is 0 Å². The minimum absolute atomic E-state index is 0.191. The average molecular weight is 376 g/mol. The van der Waals surface area contributed by atoms with E-state index in [1.54, 1.807) is 6.07 Å². The summed E-state index contributed by atoms with van der Waals surface area (Å²) in [6, 6.07) is 4.99. The van der Waals surface area contributed by atoms with Crippen molar-refractivity contribution in [2.75, 3.05) is 27.2 Å². The summed E-state index contributed by atoms with van der Waals surface area (Å²) < 4.78 is 24.2. The zero-order chi connectivity index (χ0) is 20.0. The van der Waals surface area contributed by atoms with Crippen molar-refractivity contribution in [3.05, 3.63) is 46.6 Å². The Balaban J connectivity index is 2.10. The smallest absolute Gasteiger partial charge is 0.193 e. The molecule has 0 bridgehead atoms. The summed E-state index contributed by atoms with van der Waals surface area (Å²) in [6.45, 7) is 9.89. The molecule has 27 heavy (non-hydrogen) atoms. The van der Waals surface area contributed by atoms with Gasteiger partial charge < -0.3 is 19.5 Å². The van der Waals surface area contributed by atoms with Crippen LogP contribution in [-0.4, -0.2) is 43.3 Å². The highest BCUT2D eigenvalue weighted by Crippen LogP contribution is 2.23. The number of aromatic nitrogens is 1. The Morgan fingerprint density at radius 3 is 2.70 bits per heavy atom. The molecule has 1 atom stereocenters. The van der Waals surface area contributed by atoms with E-state index in [2.05, 4.69) is 17.4 Å². The first-order valence-electron chi connectivity index (χ1n) is 9.12. The Morgan fingerprint density at radius 2 is 2.15 bits per heavy atom. The van der Waals surface area contributed by atoms with Gasteiger partial charge in [-0.15, -0.1) is 0 Å². The quantitative estimate of drug-likeness (QED) is 0.590. The molecule has 2 aromatic rings. The van der Waals surface area contributed by atoms with Gasteiger partial charge in [0.05, 0.1) is 12.8 Å². The number of ether oxygens (including phenoxy) is 1. The predicted octanol–water partition coefficient (Wildman–Crippen LogP) is 3.64. The summed E-state index contributed by atoms with van der Waals surface area (Å²) in [6.07, 6.45) is 0. The highest BCUT2D eigenvalue weighted by atomic mass is 19.1. The lowest BCUT2D eigenvalue weighted by Gasteiger charge is -2.23. The van der Waals surface area contributed by atoms with Gasteiger partial charge in [-0.2, -0.15) is 0 Å². The number of aryl methyl sites for hydroxylation is 2. The average Bonchev–Trinajstić information content (AvgIpc) is 2.97. The van der Waals surface area contributed by atoms with Gasteiger partial charge in [-0.1, -0.05) is 18.1 Å². The Labute approximate surface area is 160 Å². The number of nitrogens with one attached hydrogen (secondary N) is 1. The summed E-state index contributed by atoms with van der Waals surface area (Å²) in [5.74, 6) is 1.68. The number of nitrogens with zero attached hydrogens (tertiary/aromatic N) is 3. The van der Waals surface area contributed by atoms with Crippen LogP contribution < -0.4 is 10.1 Å². The molecule has 1 N–H and O–H groups in total. The van der Waals surface area contributed by atoms with Crippen LogP contribution in [0.15, 0.2) is 27.7 Å². The molecule has 0 radical (unpaired) electrons. The lowest BCUT2D eigenvalue weighted by Crippen LogP contribution is -2.38. The molecule has 0 aliphatic heterocycles. The maximum Gasteiger partial charge on any atom is 0.193 e. The first-order chi connectivity index (χ1) is 12.9.